The van der Waals surface area contributed by atoms with Gasteiger partial charge in [0.05, 0.1) is 13.2 Å². The van der Waals surface area contributed by atoms with E-state index in [2.05, 4.69) is 21.7 Å². The van der Waals surface area contributed by atoms with Crippen molar-refractivity contribution in [2.45, 2.75) is 19.4 Å². The van der Waals surface area contributed by atoms with E-state index in [-0.39, 0.29) is 29.8 Å². The van der Waals surface area contributed by atoms with Gasteiger partial charge in [-0.3, -0.25) is 4.99 Å². The van der Waals surface area contributed by atoms with E-state index in [1.54, 1.807) is 13.1 Å². The molecular weight excluding hydrogens is 396 g/mol. The fraction of sp³-hybridized carbons (Fsp3) is 0.438. The van der Waals surface area contributed by atoms with Gasteiger partial charge in [0, 0.05) is 20.1 Å². The van der Waals surface area contributed by atoms with Crippen molar-refractivity contribution in [3.63, 3.8) is 0 Å². The number of nitrogens with zero attached hydrogens (tertiary/aromatic N) is 1. The molecule has 4 nitrogen and oxygen atoms in total. The molecule has 1 heterocycles. The lowest BCUT2D eigenvalue weighted by Gasteiger charge is -2.15. The van der Waals surface area contributed by atoms with E-state index in [9.17, 15) is 4.39 Å². The van der Waals surface area contributed by atoms with E-state index in [0.29, 0.717) is 6.54 Å². The first kappa shape index (κ1) is 18.9. The summed E-state index contributed by atoms with van der Waals surface area (Å²) in [7, 11) is 1.73. The van der Waals surface area contributed by atoms with Crippen LogP contribution in [0.5, 0.6) is 0 Å². The predicted octanol–water partition coefficient (Wildman–Crippen LogP) is 2.85. The lowest BCUT2D eigenvalue weighted by Crippen LogP contribution is -2.37. The average molecular weight is 419 g/mol. The summed E-state index contributed by atoms with van der Waals surface area (Å²) in [6, 6.07) is 6.56. The quantitative estimate of drug-likeness (QED) is 0.334. The molecule has 2 rings (SSSR count). The topological polar surface area (TPSA) is 45.7 Å². The summed E-state index contributed by atoms with van der Waals surface area (Å²) in [5.41, 5.74) is 2.32. The van der Waals surface area contributed by atoms with E-state index in [1.807, 2.05) is 6.07 Å². The van der Waals surface area contributed by atoms with E-state index < -0.39 is 0 Å². The Hall–Kier alpha value is -1.15. The van der Waals surface area contributed by atoms with Gasteiger partial charge in [-0.2, -0.15) is 0 Å². The van der Waals surface area contributed by atoms with Crippen molar-refractivity contribution >= 4 is 29.9 Å². The van der Waals surface area contributed by atoms with E-state index in [1.165, 1.54) is 17.7 Å². The minimum Gasteiger partial charge on any atom is -0.377 e. The van der Waals surface area contributed by atoms with Gasteiger partial charge in [0.2, 0.25) is 0 Å². The Morgan fingerprint density at radius 1 is 1.36 bits per heavy atom. The lowest BCUT2D eigenvalue weighted by atomic mass is 10.1. The first-order chi connectivity index (χ1) is 10.3. The van der Waals surface area contributed by atoms with Gasteiger partial charge >= 0.3 is 0 Å². The zero-order valence-corrected chi connectivity index (χ0v) is 15.1. The largest absolute Gasteiger partial charge is 0.377 e. The average Bonchev–Trinajstić information content (AvgIpc) is 2.52. The number of ether oxygens (including phenoxy) is 1. The SMILES string of the molecule is CN=C(NCCC1=CCOCC1)NCc1cccc(F)c1.I. The predicted molar refractivity (Wildman–Crippen MR) is 98.2 cm³/mol. The van der Waals surface area contributed by atoms with Gasteiger partial charge in [0.1, 0.15) is 5.82 Å². The monoisotopic (exact) mass is 419 g/mol. The molecule has 0 saturated heterocycles. The van der Waals surface area contributed by atoms with E-state index in [4.69, 9.17) is 4.74 Å². The lowest BCUT2D eigenvalue weighted by molar-refractivity contribution is 0.153. The van der Waals surface area contributed by atoms with Crippen molar-refractivity contribution in [1.29, 1.82) is 0 Å². The third kappa shape index (κ3) is 6.74. The Balaban J connectivity index is 0.00000242. The molecule has 0 atom stereocenters. The zero-order chi connectivity index (χ0) is 14.9. The zero-order valence-electron chi connectivity index (χ0n) is 12.8. The molecule has 0 aromatic heterocycles. The Morgan fingerprint density at radius 3 is 2.91 bits per heavy atom. The summed E-state index contributed by atoms with van der Waals surface area (Å²) < 4.78 is 18.4. The van der Waals surface area contributed by atoms with Crippen LogP contribution in [0, 0.1) is 5.82 Å². The maximum Gasteiger partial charge on any atom is 0.191 e. The van der Waals surface area contributed by atoms with Crippen LogP contribution >= 0.6 is 24.0 Å². The molecule has 1 aliphatic rings. The van der Waals surface area contributed by atoms with Crippen molar-refractivity contribution in [2.24, 2.45) is 4.99 Å². The molecule has 0 spiro atoms. The molecule has 6 heteroatoms. The molecule has 0 radical (unpaired) electrons. The Bertz CT molecular complexity index is 520. The van der Waals surface area contributed by atoms with Gasteiger partial charge in [-0.25, -0.2) is 4.39 Å². The van der Waals surface area contributed by atoms with Gasteiger partial charge < -0.3 is 15.4 Å². The first-order valence-corrected chi connectivity index (χ1v) is 7.22. The first-order valence-electron chi connectivity index (χ1n) is 7.22. The van der Waals surface area contributed by atoms with Gasteiger partial charge in [-0.05, 0) is 30.5 Å². The number of guanidine groups is 1. The molecule has 0 unspecified atom stereocenters. The van der Waals surface area contributed by atoms with Crippen molar-refractivity contribution < 1.29 is 9.13 Å². The number of hydrogen-bond acceptors (Lipinski definition) is 2. The van der Waals surface area contributed by atoms with Gasteiger partial charge in [0.15, 0.2) is 5.96 Å². The maximum atomic E-state index is 13.1. The van der Waals surface area contributed by atoms with Crippen molar-refractivity contribution in [2.75, 3.05) is 26.8 Å². The van der Waals surface area contributed by atoms with Crippen LogP contribution in [0.25, 0.3) is 0 Å². The van der Waals surface area contributed by atoms with Gasteiger partial charge in [-0.15, -0.1) is 24.0 Å². The van der Waals surface area contributed by atoms with Crippen LogP contribution in [0.2, 0.25) is 0 Å². The van der Waals surface area contributed by atoms with Crippen LogP contribution in [-0.2, 0) is 11.3 Å². The fourth-order valence-corrected chi connectivity index (χ4v) is 2.19. The molecule has 22 heavy (non-hydrogen) atoms. The smallest absolute Gasteiger partial charge is 0.191 e. The van der Waals surface area contributed by atoms with Crippen LogP contribution in [0.3, 0.4) is 0 Å². The molecule has 1 aliphatic heterocycles. The van der Waals surface area contributed by atoms with Gasteiger partial charge in [0.25, 0.3) is 0 Å². The standard InChI is InChI=1S/C16H22FN3O.HI/c1-18-16(19-8-5-13-6-9-21-10-7-13)20-12-14-3-2-4-15(17)11-14;/h2-4,6,11H,5,7-10,12H2,1H3,(H2,18,19,20);1H. The van der Waals surface area contributed by atoms with Crippen molar-refractivity contribution in [1.82, 2.24) is 10.6 Å². The molecule has 2 N–H and O–H groups in total. The molecule has 0 aliphatic carbocycles. The number of aliphatic imine (C=N–C) groups is 1. The highest BCUT2D eigenvalue weighted by Gasteiger charge is 2.04. The third-order valence-corrected chi connectivity index (χ3v) is 3.37. The maximum absolute atomic E-state index is 13.1. The Kier molecular flexibility index (Phi) is 9.07. The van der Waals surface area contributed by atoms with Crippen LogP contribution in [0.1, 0.15) is 18.4 Å². The molecule has 1 aromatic rings. The summed E-state index contributed by atoms with van der Waals surface area (Å²) in [5, 5.41) is 6.44. The minimum atomic E-state index is -0.219. The number of rotatable bonds is 5. The Labute approximate surface area is 148 Å². The molecule has 1 aromatic carbocycles. The van der Waals surface area contributed by atoms with Crippen LogP contribution in [0.4, 0.5) is 4.39 Å². The molecular formula is C16H23FIN3O. The second kappa shape index (κ2) is 10.6. The molecule has 0 amide bonds. The highest BCUT2D eigenvalue weighted by atomic mass is 127. The summed E-state index contributed by atoms with van der Waals surface area (Å²) in [5.74, 6) is 0.510. The molecule has 0 saturated carbocycles. The second-order valence-electron chi connectivity index (χ2n) is 4.92. The van der Waals surface area contributed by atoms with E-state index in [0.717, 1.165) is 44.1 Å². The van der Waals surface area contributed by atoms with Crippen LogP contribution in [-0.4, -0.2) is 32.8 Å². The third-order valence-electron chi connectivity index (χ3n) is 3.37. The minimum absolute atomic E-state index is 0. The van der Waals surface area contributed by atoms with Crippen molar-refractivity contribution in [3.8, 4) is 0 Å². The highest BCUT2D eigenvalue weighted by Crippen LogP contribution is 2.10. The van der Waals surface area contributed by atoms with E-state index >= 15 is 0 Å². The molecule has 0 fully saturated rings. The molecule has 122 valence electrons. The Morgan fingerprint density at radius 2 is 2.23 bits per heavy atom. The number of benzene rings is 1. The van der Waals surface area contributed by atoms with Crippen molar-refractivity contribution in [3.05, 3.63) is 47.3 Å². The fourth-order valence-electron chi connectivity index (χ4n) is 2.19. The second-order valence-corrected chi connectivity index (χ2v) is 4.92. The van der Waals surface area contributed by atoms with Gasteiger partial charge in [-0.1, -0.05) is 23.8 Å². The number of nitrogens with one attached hydrogen (secondary N) is 2. The summed E-state index contributed by atoms with van der Waals surface area (Å²) in [4.78, 5) is 4.16. The number of halogens is 2. The highest BCUT2D eigenvalue weighted by molar-refractivity contribution is 14.0. The summed E-state index contributed by atoms with van der Waals surface area (Å²) in [6.07, 6.45) is 4.15. The summed E-state index contributed by atoms with van der Waals surface area (Å²) in [6.45, 7) is 2.92. The van der Waals surface area contributed by atoms with Crippen LogP contribution in [0.15, 0.2) is 40.9 Å². The molecule has 0 bridgehead atoms. The summed E-state index contributed by atoms with van der Waals surface area (Å²) >= 11 is 0. The van der Waals surface area contributed by atoms with Crippen LogP contribution < -0.4 is 10.6 Å². The normalized spacial score (nSPS) is 14.8. The number of hydrogen-bond donors (Lipinski definition) is 2.